The highest BCUT2D eigenvalue weighted by molar-refractivity contribution is 5.96. The third-order valence-corrected chi connectivity index (χ3v) is 5.26. The Kier molecular flexibility index (Phi) is 4.85. The van der Waals surface area contributed by atoms with Crippen LogP contribution in [0.25, 0.3) is 5.69 Å². The smallest absolute Gasteiger partial charge is 0.306 e. The van der Waals surface area contributed by atoms with Crippen molar-refractivity contribution in [1.29, 1.82) is 0 Å². The van der Waals surface area contributed by atoms with Gasteiger partial charge in [-0.2, -0.15) is 0 Å². The van der Waals surface area contributed by atoms with Crippen LogP contribution in [0.1, 0.15) is 35.1 Å². The number of benzene rings is 1. The van der Waals surface area contributed by atoms with Crippen LogP contribution in [0.5, 0.6) is 0 Å². The maximum absolute atomic E-state index is 13.2. The molecule has 0 spiro atoms. The molecule has 0 aliphatic carbocycles. The highest BCUT2D eigenvalue weighted by Gasteiger charge is 2.34. The van der Waals surface area contributed by atoms with Crippen molar-refractivity contribution in [3.63, 3.8) is 0 Å². The summed E-state index contributed by atoms with van der Waals surface area (Å²) in [4.78, 5) is 26.0. The van der Waals surface area contributed by atoms with E-state index in [0.717, 1.165) is 17.1 Å². The lowest BCUT2D eigenvalue weighted by molar-refractivity contribution is -0.145. The molecule has 2 heterocycles. The standard InChI is InChI=1S/C20H23FN2O3/c1-12-11-22(9-8-17(12)20(25)26)19(24)18-10-13(2)23(14(18)3)16-6-4-15(21)5-7-16/h4-7,10,12,17H,8-9,11H2,1-3H3,(H,25,26). The molecule has 1 N–H and O–H groups in total. The summed E-state index contributed by atoms with van der Waals surface area (Å²) in [5, 5.41) is 9.25. The van der Waals surface area contributed by atoms with Crippen molar-refractivity contribution in [2.24, 2.45) is 11.8 Å². The number of hydrogen-bond acceptors (Lipinski definition) is 2. The Morgan fingerprint density at radius 2 is 1.85 bits per heavy atom. The first-order valence-corrected chi connectivity index (χ1v) is 8.76. The van der Waals surface area contributed by atoms with Crippen molar-refractivity contribution < 1.29 is 19.1 Å². The predicted octanol–water partition coefficient (Wildman–Crippen LogP) is 3.42. The second kappa shape index (κ2) is 6.94. The molecule has 0 radical (unpaired) electrons. The molecule has 1 aromatic carbocycles. The number of carboxylic acids is 1. The van der Waals surface area contributed by atoms with Gasteiger partial charge < -0.3 is 14.6 Å². The Hall–Kier alpha value is -2.63. The molecule has 1 saturated heterocycles. The molecule has 26 heavy (non-hydrogen) atoms. The van der Waals surface area contributed by atoms with Crippen molar-refractivity contribution in [3.05, 3.63) is 53.1 Å². The number of hydrogen-bond donors (Lipinski definition) is 1. The number of carbonyl (C=O) groups is 2. The van der Waals surface area contributed by atoms with Gasteiger partial charge in [-0.1, -0.05) is 6.92 Å². The fourth-order valence-electron chi connectivity index (χ4n) is 3.83. The number of aliphatic carboxylic acids is 1. The minimum atomic E-state index is -0.793. The number of rotatable bonds is 3. The van der Waals surface area contributed by atoms with Crippen molar-refractivity contribution in [2.45, 2.75) is 27.2 Å². The third kappa shape index (κ3) is 3.23. The number of aryl methyl sites for hydroxylation is 1. The van der Waals surface area contributed by atoms with E-state index < -0.39 is 11.9 Å². The zero-order valence-electron chi connectivity index (χ0n) is 15.2. The van der Waals surface area contributed by atoms with Crippen LogP contribution >= 0.6 is 0 Å². The first-order chi connectivity index (χ1) is 12.3. The Balaban J connectivity index is 1.86. The van der Waals surface area contributed by atoms with Crippen molar-refractivity contribution in [2.75, 3.05) is 13.1 Å². The first kappa shape index (κ1) is 18.2. The lowest BCUT2D eigenvalue weighted by atomic mass is 9.87. The summed E-state index contributed by atoms with van der Waals surface area (Å²) in [5.74, 6) is -1.65. The molecule has 0 saturated carbocycles. The predicted molar refractivity (Wildman–Crippen MR) is 96.0 cm³/mol. The van der Waals surface area contributed by atoms with Gasteiger partial charge in [-0.05, 0) is 56.5 Å². The number of halogens is 1. The lowest BCUT2D eigenvalue weighted by Gasteiger charge is -2.35. The zero-order chi connectivity index (χ0) is 19.0. The van der Waals surface area contributed by atoms with Gasteiger partial charge in [0.1, 0.15) is 5.82 Å². The summed E-state index contributed by atoms with van der Waals surface area (Å²) < 4.78 is 15.1. The van der Waals surface area contributed by atoms with Gasteiger partial charge in [0, 0.05) is 30.2 Å². The topological polar surface area (TPSA) is 62.5 Å². The van der Waals surface area contributed by atoms with Gasteiger partial charge in [0.05, 0.1) is 11.5 Å². The number of amides is 1. The van der Waals surface area contributed by atoms with Crippen molar-refractivity contribution in [1.82, 2.24) is 9.47 Å². The van der Waals surface area contributed by atoms with E-state index in [0.29, 0.717) is 25.1 Å². The van der Waals surface area contributed by atoms with Crippen LogP contribution in [-0.2, 0) is 4.79 Å². The Bertz CT molecular complexity index is 841. The van der Waals surface area contributed by atoms with E-state index in [-0.39, 0.29) is 17.6 Å². The van der Waals surface area contributed by atoms with Crippen LogP contribution in [0, 0.1) is 31.5 Å². The van der Waals surface area contributed by atoms with Crippen LogP contribution in [0.2, 0.25) is 0 Å². The highest BCUT2D eigenvalue weighted by Crippen LogP contribution is 2.27. The van der Waals surface area contributed by atoms with Crippen molar-refractivity contribution >= 4 is 11.9 Å². The van der Waals surface area contributed by atoms with Gasteiger partial charge in [0.25, 0.3) is 5.91 Å². The number of carbonyl (C=O) groups excluding carboxylic acids is 1. The quantitative estimate of drug-likeness (QED) is 0.914. The molecule has 5 nitrogen and oxygen atoms in total. The largest absolute Gasteiger partial charge is 0.481 e. The molecule has 138 valence electrons. The van der Waals surface area contributed by atoms with Crippen LogP contribution in [-0.4, -0.2) is 39.5 Å². The summed E-state index contributed by atoms with van der Waals surface area (Å²) >= 11 is 0. The van der Waals surface area contributed by atoms with Gasteiger partial charge in [-0.25, -0.2) is 4.39 Å². The van der Waals surface area contributed by atoms with Crippen LogP contribution in [0.3, 0.4) is 0 Å². The van der Waals surface area contributed by atoms with Gasteiger partial charge in [-0.15, -0.1) is 0 Å². The lowest BCUT2D eigenvalue weighted by Crippen LogP contribution is -2.45. The summed E-state index contributed by atoms with van der Waals surface area (Å²) in [7, 11) is 0. The molecule has 1 aromatic heterocycles. The molecule has 0 bridgehead atoms. The molecule has 1 aliphatic heterocycles. The minimum Gasteiger partial charge on any atom is -0.481 e. The van der Waals surface area contributed by atoms with E-state index in [9.17, 15) is 19.1 Å². The second-order valence-corrected chi connectivity index (χ2v) is 7.06. The SMILES string of the molecule is Cc1cc(C(=O)N2CCC(C(=O)O)C(C)C2)c(C)n1-c1ccc(F)cc1. The summed E-state index contributed by atoms with van der Waals surface area (Å²) in [6.07, 6.45) is 0.471. The van der Waals surface area contributed by atoms with Gasteiger partial charge in [0.2, 0.25) is 0 Å². The molecular weight excluding hydrogens is 335 g/mol. The Labute approximate surface area is 152 Å². The molecule has 1 amide bonds. The molecule has 2 unspecified atom stereocenters. The minimum absolute atomic E-state index is 0.0780. The molecule has 3 rings (SSSR count). The number of carboxylic acid groups (broad SMARTS) is 1. The summed E-state index contributed by atoms with van der Waals surface area (Å²) in [6.45, 7) is 6.54. The molecular formula is C20H23FN2O3. The Morgan fingerprint density at radius 3 is 2.42 bits per heavy atom. The van der Waals surface area contributed by atoms with Crippen LogP contribution in [0.4, 0.5) is 4.39 Å². The van der Waals surface area contributed by atoms with Gasteiger partial charge in [-0.3, -0.25) is 9.59 Å². The summed E-state index contributed by atoms with van der Waals surface area (Å²) in [6, 6.07) is 8.01. The van der Waals surface area contributed by atoms with Gasteiger partial charge in [0.15, 0.2) is 0 Å². The third-order valence-electron chi connectivity index (χ3n) is 5.26. The number of aromatic nitrogens is 1. The number of likely N-dealkylation sites (tertiary alicyclic amines) is 1. The van der Waals surface area contributed by atoms with E-state index in [1.54, 1.807) is 17.0 Å². The van der Waals surface area contributed by atoms with E-state index in [4.69, 9.17) is 0 Å². The monoisotopic (exact) mass is 358 g/mol. The average Bonchev–Trinajstić information content (AvgIpc) is 2.89. The van der Waals surface area contributed by atoms with E-state index >= 15 is 0 Å². The molecule has 2 aromatic rings. The number of nitrogens with zero attached hydrogens (tertiary/aromatic N) is 2. The molecule has 1 aliphatic rings. The van der Waals surface area contributed by atoms with Gasteiger partial charge >= 0.3 is 5.97 Å². The summed E-state index contributed by atoms with van der Waals surface area (Å²) in [5.41, 5.74) is 3.10. The fourth-order valence-corrected chi connectivity index (χ4v) is 3.83. The van der Waals surface area contributed by atoms with E-state index in [1.165, 1.54) is 12.1 Å². The fraction of sp³-hybridized carbons (Fsp3) is 0.400. The normalized spacial score (nSPS) is 20.2. The van der Waals surface area contributed by atoms with E-state index in [1.807, 2.05) is 31.4 Å². The van der Waals surface area contributed by atoms with Crippen molar-refractivity contribution in [3.8, 4) is 5.69 Å². The maximum atomic E-state index is 13.2. The highest BCUT2D eigenvalue weighted by atomic mass is 19.1. The van der Waals surface area contributed by atoms with E-state index in [2.05, 4.69) is 0 Å². The average molecular weight is 358 g/mol. The van der Waals surface area contributed by atoms with Crippen LogP contribution in [0.15, 0.2) is 30.3 Å². The second-order valence-electron chi connectivity index (χ2n) is 7.06. The molecule has 1 fully saturated rings. The molecule has 6 heteroatoms. The maximum Gasteiger partial charge on any atom is 0.306 e. The molecule has 2 atom stereocenters. The first-order valence-electron chi connectivity index (χ1n) is 8.76. The Morgan fingerprint density at radius 1 is 1.19 bits per heavy atom. The van der Waals surface area contributed by atoms with Crippen LogP contribution < -0.4 is 0 Å². The number of piperidine rings is 1. The zero-order valence-corrected chi connectivity index (χ0v) is 15.2.